The minimum Gasteiger partial charge on any atom is -0.321 e. The molecule has 0 aliphatic carbocycles. The summed E-state index contributed by atoms with van der Waals surface area (Å²) >= 11 is 6.13. The van der Waals surface area contributed by atoms with Crippen LogP contribution in [0.1, 0.15) is 34.1 Å². The van der Waals surface area contributed by atoms with Crippen LogP contribution in [-0.2, 0) is 16.0 Å². The maximum Gasteiger partial charge on any atom is 0.328 e. The first-order chi connectivity index (χ1) is 16.8. The number of para-hydroxylation sites is 1. The third-order valence-corrected chi connectivity index (χ3v) is 5.99. The molecular formula is C27H25ClN4O3. The number of aryl methyl sites for hydroxylation is 3. The van der Waals surface area contributed by atoms with Gasteiger partial charge in [0.1, 0.15) is 5.69 Å². The van der Waals surface area contributed by atoms with Gasteiger partial charge in [-0.2, -0.15) is 0 Å². The van der Waals surface area contributed by atoms with Gasteiger partial charge in [-0.25, -0.2) is 4.68 Å². The number of benzene rings is 3. The molecule has 0 radical (unpaired) electrons. The summed E-state index contributed by atoms with van der Waals surface area (Å²) in [5.74, 6) is -2.21. The van der Waals surface area contributed by atoms with Crippen molar-refractivity contribution in [3.05, 3.63) is 94.1 Å². The quantitative estimate of drug-likeness (QED) is 0.327. The van der Waals surface area contributed by atoms with E-state index in [1.165, 1.54) is 4.68 Å². The number of halogens is 1. The number of nitrogens with one attached hydrogen (secondary N) is 3. The van der Waals surface area contributed by atoms with Crippen LogP contribution in [0.4, 0.5) is 11.4 Å². The van der Waals surface area contributed by atoms with Crippen LogP contribution in [0.3, 0.4) is 0 Å². The third kappa shape index (κ3) is 5.20. The Hall–Kier alpha value is -4.10. The molecule has 1 heterocycles. The molecule has 0 unspecified atom stereocenters. The molecule has 3 amide bonds. The second-order valence-corrected chi connectivity index (χ2v) is 8.67. The number of hydrogen-bond donors (Lipinski definition) is 3. The fourth-order valence-corrected chi connectivity index (χ4v) is 4.01. The molecule has 0 saturated heterocycles. The maximum absolute atomic E-state index is 13.2. The van der Waals surface area contributed by atoms with E-state index in [-0.39, 0.29) is 5.69 Å². The number of fused-ring (bicyclic) bond motifs is 1. The molecule has 0 atom stereocenters. The van der Waals surface area contributed by atoms with Crippen molar-refractivity contribution in [3.63, 3.8) is 0 Å². The van der Waals surface area contributed by atoms with E-state index in [9.17, 15) is 14.4 Å². The van der Waals surface area contributed by atoms with Crippen molar-refractivity contribution in [2.45, 2.75) is 27.2 Å². The van der Waals surface area contributed by atoms with E-state index in [4.69, 9.17) is 11.6 Å². The number of hydrogen-bond acceptors (Lipinski definition) is 3. The standard InChI is InChI=1S/C27H25ClN4O3/c1-4-18-8-11-21(12-9-18)29-25(33)23-15-19-14-20(28)10-13-22(19)32(23)31-27(35)26(34)30-24-16(2)6-5-7-17(24)3/h5-15H,4H2,1-3H3,(H,29,33)(H,30,34)(H,31,35). The first-order valence-corrected chi connectivity index (χ1v) is 11.5. The monoisotopic (exact) mass is 488 g/mol. The van der Waals surface area contributed by atoms with Crippen molar-refractivity contribution in [1.82, 2.24) is 4.68 Å². The second kappa shape index (κ2) is 10.0. The number of anilines is 2. The molecule has 35 heavy (non-hydrogen) atoms. The zero-order valence-electron chi connectivity index (χ0n) is 19.6. The lowest BCUT2D eigenvalue weighted by molar-refractivity contribution is -0.133. The topological polar surface area (TPSA) is 92.2 Å². The Morgan fingerprint density at radius 1 is 0.857 bits per heavy atom. The Morgan fingerprint density at radius 2 is 1.54 bits per heavy atom. The number of aromatic nitrogens is 1. The van der Waals surface area contributed by atoms with Crippen molar-refractivity contribution in [3.8, 4) is 0 Å². The molecule has 0 bridgehead atoms. The van der Waals surface area contributed by atoms with Gasteiger partial charge in [0.2, 0.25) is 0 Å². The molecule has 0 saturated carbocycles. The van der Waals surface area contributed by atoms with Gasteiger partial charge in [-0.15, -0.1) is 0 Å². The van der Waals surface area contributed by atoms with E-state index in [0.717, 1.165) is 23.1 Å². The SMILES string of the molecule is CCc1ccc(NC(=O)c2cc3cc(Cl)ccc3n2NC(=O)C(=O)Nc2c(C)cccc2C)cc1. The van der Waals surface area contributed by atoms with Crippen LogP contribution in [0.15, 0.2) is 66.7 Å². The largest absolute Gasteiger partial charge is 0.328 e. The fourth-order valence-electron chi connectivity index (χ4n) is 3.83. The smallest absolute Gasteiger partial charge is 0.321 e. The first-order valence-electron chi connectivity index (χ1n) is 11.2. The molecule has 0 aliphatic heterocycles. The summed E-state index contributed by atoms with van der Waals surface area (Å²) in [6, 6.07) is 19.7. The number of carbonyl (C=O) groups is 3. The number of carbonyl (C=O) groups excluding carboxylic acids is 3. The molecule has 0 spiro atoms. The Labute approximate surface area is 208 Å². The highest BCUT2D eigenvalue weighted by Crippen LogP contribution is 2.24. The highest BCUT2D eigenvalue weighted by atomic mass is 35.5. The predicted molar refractivity (Wildman–Crippen MR) is 140 cm³/mol. The Bertz CT molecular complexity index is 1420. The van der Waals surface area contributed by atoms with Crippen molar-refractivity contribution < 1.29 is 14.4 Å². The molecule has 4 aromatic rings. The Balaban J connectivity index is 1.62. The van der Waals surface area contributed by atoms with E-state index < -0.39 is 17.7 Å². The molecule has 3 N–H and O–H groups in total. The lowest BCUT2D eigenvalue weighted by atomic mass is 10.1. The Morgan fingerprint density at radius 3 is 2.20 bits per heavy atom. The molecule has 8 heteroatoms. The zero-order chi connectivity index (χ0) is 25.1. The average Bonchev–Trinajstić information content (AvgIpc) is 3.19. The molecular weight excluding hydrogens is 464 g/mol. The minimum absolute atomic E-state index is 0.148. The lowest BCUT2D eigenvalue weighted by Gasteiger charge is -2.14. The zero-order valence-corrected chi connectivity index (χ0v) is 20.4. The number of nitrogens with zero attached hydrogens (tertiary/aromatic N) is 1. The van der Waals surface area contributed by atoms with Crippen molar-refractivity contribution in [1.29, 1.82) is 0 Å². The van der Waals surface area contributed by atoms with Gasteiger partial charge in [0.25, 0.3) is 5.91 Å². The maximum atomic E-state index is 13.2. The van der Waals surface area contributed by atoms with Gasteiger partial charge in [-0.05, 0) is 73.4 Å². The van der Waals surface area contributed by atoms with Crippen LogP contribution < -0.4 is 16.1 Å². The van der Waals surface area contributed by atoms with E-state index in [2.05, 4.69) is 23.0 Å². The summed E-state index contributed by atoms with van der Waals surface area (Å²) in [5.41, 5.74) is 7.23. The van der Waals surface area contributed by atoms with Gasteiger partial charge in [0.15, 0.2) is 0 Å². The van der Waals surface area contributed by atoms with Crippen molar-refractivity contribution in [2.75, 3.05) is 16.1 Å². The van der Waals surface area contributed by atoms with Gasteiger partial charge >= 0.3 is 11.8 Å². The molecule has 3 aromatic carbocycles. The van der Waals surface area contributed by atoms with Crippen LogP contribution in [0.5, 0.6) is 0 Å². The van der Waals surface area contributed by atoms with Crippen LogP contribution >= 0.6 is 11.6 Å². The Kier molecular flexibility index (Phi) is 6.89. The number of amides is 3. The lowest BCUT2D eigenvalue weighted by Crippen LogP contribution is -2.36. The van der Waals surface area contributed by atoms with Gasteiger partial charge in [0, 0.05) is 21.8 Å². The molecule has 4 rings (SSSR count). The van der Waals surface area contributed by atoms with E-state index in [1.54, 1.807) is 24.3 Å². The van der Waals surface area contributed by atoms with E-state index in [0.29, 0.717) is 27.3 Å². The van der Waals surface area contributed by atoms with Crippen LogP contribution in [0.2, 0.25) is 5.02 Å². The molecule has 7 nitrogen and oxygen atoms in total. The van der Waals surface area contributed by atoms with Crippen LogP contribution in [-0.4, -0.2) is 22.4 Å². The molecule has 0 aliphatic rings. The summed E-state index contributed by atoms with van der Waals surface area (Å²) in [6.07, 6.45) is 0.888. The highest BCUT2D eigenvalue weighted by Gasteiger charge is 2.22. The fraction of sp³-hybridized carbons (Fsp3) is 0.148. The summed E-state index contributed by atoms with van der Waals surface area (Å²) in [7, 11) is 0. The molecule has 0 fully saturated rings. The van der Waals surface area contributed by atoms with Crippen LogP contribution in [0, 0.1) is 13.8 Å². The van der Waals surface area contributed by atoms with Gasteiger partial charge < -0.3 is 10.6 Å². The number of rotatable bonds is 5. The van der Waals surface area contributed by atoms with Gasteiger partial charge in [-0.1, -0.05) is 48.9 Å². The van der Waals surface area contributed by atoms with Crippen molar-refractivity contribution in [2.24, 2.45) is 0 Å². The highest BCUT2D eigenvalue weighted by molar-refractivity contribution is 6.42. The molecule has 1 aromatic heterocycles. The van der Waals surface area contributed by atoms with Crippen molar-refractivity contribution >= 4 is 51.6 Å². The second-order valence-electron chi connectivity index (χ2n) is 8.23. The van der Waals surface area contributed by atoms with Gasteiger partial charge in [0.05, 0.1) is 5.52 Å². The predicted octanol–water partition coefficient (Wildman–Crippen LogP) is 5.44. The normalized spacial score (nSPS) is 10.7. The average molecular weight is 489 g/mol. The summed E-state index contributed by atoms with van der Waals surface area (Å²) in [6.45, 7) is 5.74. The van der Waals surface area contributed by atoms with Gasteiger partial charge in [-0.3, -0.25) is 19.8 Å². The minimum atomic E-state index is -0.915. The summed E-state index contributed by atoms with van der Waals surface area (Å²) in [5, 5.41) is 6.62. The van der Waals surface area contributed by atoms with E-state index in [1.807, 2.05) is 56.3 Å². The third-order valence-electron chi connectivity index (χ3n) is 5.76. The molecule has 178 valence electrons. The van der Waals surface area contributed by atoms with Crippen LogP contribution in [0.25, 0.3) is 10.9 Å². The summed E-state index contributed by atoms with van der Waals surface area (Å²) in [4.78, 5) is 38.7. The first kappa shape index (κ1) is 24.0. The summed E-state index contributed by atoms with van der Waals surface area (Å²) < 4.78 is 1.30. The van der Waals surface area contributed by atoms with E-state index >= 15 is 0 Å².